The van der Waals surface area contributed by atoms with Crippen LogP contribution in [0.4, 0.5) is 0 Å². The maximum atomic E-state index is 5.64. The Morgan fingerprint density at radius 2 is 0.525 bits per heavy atom. The SMILES string of the molecule is CCN1C=CN(CC)C1c1c2nc(c(C3N(CC)C=CN3CC)c3ccc([n-]3)c(C3N(CC)C=CN3CC)c3nc(c(C4N(CC)C=CN4CC)c4ccc1[n-]4)C=C3)C=C2.[Mn+3]. The largest absolute Gasteiger partial charge is 3.00 e. The standard InChI is InChI=1S/C48H60N12.Mn/c1-9-53-25-26-54(10-2)45(53)41-33-17-19-35(49-33)42(46-55(11-3)27-28-56(46)12-4)37-21-23-39(51-37)44(48-59(15-7)31-32-60(48)16-8)40-24-22-38(52-40)43(36-20-18-34(41)50-36)47-57(13-5)29-30-58(47)14-6;/h17-32,45-48H,9-16H2,1-8H3;/q-2;+3. The molecule has 0 aliphatic carbocycles. The van der Waals surface area contributed by atoms with Gasteiger partial charge in [-0.15, -0.1) is 22.1 Å². The third kappa shape index (κ3) is 6.99. The Bertz CT molecular complexity index is 2070. The second-order valence-electron chi connectivity index (χ2n) is 15.8. The Hall–Kier alpha value is -5.52. The van der Waals surface area contributed by atoms with Gasteiger partial charge in [-0.05, 0) is 79.7 Å². The van der Waals surface area contributed by atoms with E-state index in [-0.39, 0.29) is 41.7 Å². The average molecular weight is 860 g/mol. The molecule has 61 heavy (non-hydrogen) atoms. The summed E-state index contributed by atoms with van der Waals surface area (Å²) in [6, 6.07) is 8.85. The molecular formula is C48H60MnN12+. The maximum absolute atomic E-state index is 5.64. The predicted molar refractivity (Wildman–Crippen MR) is 243 cm³/mol. The van der Waals surface area contributed by atoms with Gasteiger partial charge in [0.15, 0.2) is 0 Å². The van der Waals surface area contributed by atoms with Gasteiger partial charge in [-0.25, -0.2) is 9.97 Å². The minimum absolute atomic E-state index is 0. The molecule has 0 spiro atoms. The van der Waals surface area contributed by atoms with Crippen molar-refractivity contribution in [2.24, 2.45) is 0 Å². The van der Waals surface area contributed by atoms with Crippen molar-refractivity contribution in [3.8, 4) is 0 Å². The first-order chi connectivity index (χ1) is 29.4. The molecule has 0 unspecified atom stereocenters. The Labute approximate surface area is 372 Å². The first kappa shape index (κ1) is 42.2. The Kier molecular flexibility index (Phi) is 12.1. The molecule has 0 radical (unpaired) electrons. The van der Waals surface area contributed by atoms with Gasteiger partial charge in [0.25, 0.3) is 0 Å². The minimum Gasteiger partial charge on any atom is -0.657 e. The van der Waals surface area contributed by atoms with Gasteiger partial charge in [0.1, 0.15) is 24.7 Å². The summed E-state index contributed by atoms with van der Waals surface area (Å²) in [6.07, 6.45) is 26.3. The molecule has 6 aliphatic rings. The van der Waals surface area contributed by atoms with E-state index >= 15 is 0 Å². The van der Waals surface area contributed by atoms with Crippen molar-refractivity contribution in [1.82, 2.24) is 59.1 Å². The van der Waals surface area contributed by atoms with E-state index in [1.54, 1.807) is 0 Å². The van der Waals surface area contributed by atoms with Crippen molar-refractivity contribution in [2.75, 3.05) is 52.4 Å². The van der Waals surface area contributed by atoms with E-state index in [0.29, 0.717) is 0 Å². The van der Waals surface area contributed by atoms with Crippen LogP contribution in [0.25, 0.3) is 46.4 Å². The van der Waals surface area contributed by atoms with Crippen molar-refractivity contribution >= 4 is 46.4 Å². The van der Waals surface area contributed by atoms with Gasteiger partial charge in [0.2, 0.25) is 0 Å². The zero-order chi connectivity index (χ0) is 41.7. The molecule has 0 atom stereocenters. The van der Waals surface area contributed by atoms with Gasteiger partial charge in [0.05, 0.1) is 22.8 Å². The fourth-order valence-corrected chi connectivity index (χ4v) is 9.88. The second-order valence-corrected chi connectivity index (χ2v) is 15.8. The van der Waals surface area contributed by atoms with Crippen LogP contribution in [-0.2, 0) is 17.1 Å². The summed E-state index contributed by atoms with van der Waals surface area (Å²) in [5.41, 5.74) is 11.8. The summed E-state index contributed by atoms with van der Waals surface area (Å²) in [7, 11) is 0. The fraction of sp³-hybridized carbons (Fsp3) is 0.417. The van der Waals surface area contributed by atoms with E-state index in [1.165, 1.54) is 0 Å². The van der Waals surface area contributed by atoms with Gasteiger partial charge in [0, 0.05) is 124 Å². The number of rotatable bonds is 12. The molecule has 13 heteroatoms. The van der Waals surface area contributed by atoms with Crippen molar-refractivity contribution in [2.45, 2.75) is 80.1 Å². The van der Waals surface area contributed by atoms with E-state index in [1.807, 2.05) is 0 Å². The van der Waals surface area contributed by atoms with E-state index in [9.17, 15) is 0 Å². The summed E-state index contributed by atoms with van der Waals surface area (Å²) in [5.74, 6) is 0. The number of fused-ring (bicyclic) bond motifs is 8. The van der Waals surface area contributed by atoms with Gasteiger partial charge < -0.3 is 49.2 Å². The van der Waals surface area contributed by atoms with Crippen molar-refractivity contribution in [3.63, 3.8) is 0 Å². The van der Waals surface area contributed by atoms with Gasteiger partial charge in [-0.1, -0.05) is 24.3 Å². The molecular weight excluding hydrogens is 800 g/mol. The molecule has 9 rings (SSSR count). The molecule has 0 N–H and O–H groups in total. The van der Waals surface area contributed by atoms with Crippen LogP contribution < -0.4 is 9.97 Å². The molecule has 8 bridgehead atoms. The molecule has 0 amide bonds. The number of nitrogens with zero attached hydrogens (tertiary/aromatic N) is 12. The van der Waals surface area contributed by atoms with E-state index < -0.39 is 0 Å². The van der Waals surface area contributed by atoms with Crippen molar-refractivity contribution < 1.29 is 17.1 Å². The summed E-state index contributed by atoms with van der Waals surface area (Å²) < 4.78 is 0. The van der Waals surface area contributed by atoms with E-state index in [0.717, 1.165) is 119 Å². The first-order valence-electron chi connectivity index (χ1n) is 22.2. The third-order valence-corrected chi connectivity index (χ3v) is 13.0. The van der Waals surface area contributed by atoms with Crippen LogP contribution in [0.5, 0.6) is 0 Å². The second kappa shape index (κ2) is 17.5. The molecule has 3 aromatic rings. The smallest absolute Gasteiger partial charge is 0.657 e. The molecule has 9 heterocycles. The number of hydrogen-bond donors (Lipinski definition) is 0. The Morgan fingerprint density at radius 3 is 0.689 bits per heavy atom. The molecule has 0 saturated carbocycles. The molecule has 0 aromatic carbocycles. The van der Waals surface area contributed by atoms with Gasteiger partial charge in [-0.2, -0.15) is 0 Å². The molecule has 6 aliphatic heterocycles. The number of aromatic nitrogens is 4. The van der Waals surface area contributed by atoms with E-state index in [4.69, 9.17) is 19.9 Å². The fourth-order valence-electron chi connectivity index (χ4n) is 9.88. The zero-order valence-electron chi connectivity index (χ0n) is 36.9. The summed E-state index contributed by atoms with van der Waals surface area (Å²) >= 11 is 0. The molecule has 0 saturated heterocycles. The molecule has 3 aromatic heterocycles. The molecule has 12 nitrogen and oxygen atoms in total. The Balaban J connectivity index is 0.00000514. The normalized spacial score (nSPS) is 18.0. The van der Waals surface area contributed by atoms with Gasteiger partial charge in [-0.3, -0.25) is 0 Å². The monoisotopic (exact) mass is 859 g/mol. The average Bonchev–Trinajstić information content (AvgIpc) is 4.13. The minimum atomic E-state index is -0.0661. The summed E-state index contributed by atoms with van der Waals surface area (Å²) in [4.78, 5) is 41.8. The maximum Gasteiger partial charge on any atom is 3.00 e. The predicted octanol–water partition coefficient (Wildman–Crippen LogP) is 8.42. The van der Waals surface area contributed by atoms with Crippen LogP contribution >= 0.6 is 0 Å². The summed E-state index contributed by atoms with van der Waals surface area (Å²) in [5, 5.41) is 0. The Morgan fingerprint density at radius 1 is 0.344 bits per heavy atom. The third-order valence-electron chi connectivity index (χ3n) is 13.0. The zero-order valence-corrected chi connectivity index (χ0v) is 38.1. The van der Waals surface area contributed by atoms with Crippen LogP contribution in [0, 0.1) is 0 Å². The van der Waals surface area contributed by atoms with Crippen LogP contribution in [0.3, 0.4) is 0 Å². The summed E-state index contributed by atoms with van der Waals surface area (Å²) in [6.45, 7) is 24.6. The van der Waals surface area contributed by atoms with Crippen molar-refractivity contribution in [1.29, 1.82) is 0 Å². The molecule has 318 valence electrons. The first-order valence-corrected chi connectivity index (χ1v) is 22.2. The van der Waals surface area contributed by atoms with Gasteiger partial charge >= 0.3 is 17.1 Å². The van der Waals surface area contributed by atoms with Crippen LogP contribution in [0.15, 0.2) is 73.9 Å². The van der Waals surface area contributed by atoms with E-state index in [2.05, 4.69) is 193 Å². The van der Waals surface area contributed by atoms with Crippen LogP contribution in [-0.4, -0.2) is 102 Å². The molecule has 0 fully saturated rings. The topological polar surface area (TPSA) is 79.9 Å². The number of hydrogen-bond acceptors (Lipinski definition) is 10. The quantitative estimate of drug-likeness (QED) is 0.113. The van der Waals surface area contributed by atoms with Crippen LogP contribution in [0.1, 0.15) is 125 Å². The van der Waals surface area contributed by atoms with Crippen LogP contribution in [0.2, 0.25) is 0 Å². The van der Waals surface area contributed by atoms with Crippen molar-refractivity contribution in [3.05, 3.63) is 119 Å².